The first-order chi connectivity index (χ1) is 4.22. The van der Waals surface area contributed by atoms with Crippen molar-refractivity contribution >= 4 is 0 Å². The maximum atomic E-state index is 2.47. The average Bonchev–Trinajstić information content (AvgIpc) is 1.88. The molecule has 2 bridgehead atoms. The molecule has 0 heterocycles. The van der Waals surface area contributed by atoms with Gasteiger partial charge in [-0.25, -0.2) is 0 Å². The Hall–Kier alpha value is 0. The molecule has 3 atom stereocenters. The molecule has 9 heavy (non-hydrogen) atoms. The van der Waals surface area contributed by atoms with Crippen molar-refractivity contribution < 1.29 is 0 Å². The van der Waals surface area contributed by atoms with E-state index in [4.69, 9.17) is 0 Å². The molecule has 0 radical (unpaired) electrons. The molecule has 0 heteroatoms. The predicted molar refractivity (Wildman–Crippen MR) is 39.2 cm³/mol. The summed E-state index contributed by atoms with van der Waals surface area (Å²) in [6.45, 7) is 4.90. The molecular weight excluding hydrogens is 108 g/mol. The lowest BCUT2D eigenvalue weighted by molar-refractivity contribution is -0.0646. The fourth-order valence-corrected chi connectivity index (χ4v) is 2.82. The highest BCUT2D eigenvalue weighted by Crippen LogP contribution is 2.59. The maximum Gasteiger partial charge on any atom is -0.0295 e. The van der Waals surface area contributed by atoms with Crippen LogP contribution in [0.4, 0.5) is 0 Å². The van der Waals surface area contributed by atoms with Gasteiger partial charge in [-0.1, -0.05) is 26.7 Å². The van der Waals surface area contributed by atoms with Crippen molar-refractivity contribution in [3.05, 3.63) is 0 Å². The third-order valence-corrected chi connectivity index (χ3v) is 3.86. The van der Waals surface area contributed by atoms with E-state index in [9.17, 15) is 0 Å². The molecular formula is C9H16. The van der Waals surface area contributed by atoms with Gasteiger partial charge in [0.25, 0.3) is 0 Å². The van der Waals surface area contributed by atoms with Crippen molar-refractivity contribution in [3.63, 3.8) is 0 Å². The van der Waals surface area contributed by atoms with Crippen LogP contribution in [-0.2, 0) is 0 Å². The van der Waals surface area contributed by atoms with Crippen molar-refractivity contribution in [2.24, 2.45) is 17.3 Å². The molecule has 3 unspecified atom stereocenters. The molecule has 0 aliphatic heterocycles. The van der Waals surface area contributed by atoms with Crippen molar-refractivity contribution in [1.82, 2.24) is 0 Å². The molecule has 0 amide bonds. The highest BCUT2D eigenvalue weighted by molar-refractivity contribution is 4.99. The summed E-state index contributed by atoms with van der Waals surface area (Å²) in [4.78, 5) is 0. The molecule has 0 saturated heterocycles. The van der Waals surface area contributed by atoms with E-state index in [2.05, 4.69) is 13.8 Å². The van der Waals surface area contributed by atoms with Crippen molar-refractivity contribution in [1.29, 1.82) is 0 Å². The summed E-state index contributed by atoms with van der Waals surface area (Å²) >= 11 is 0. The zero-order valence-corrected chi connectivity index (χ0v) is 6.48. The summed E-state index contributed by atoms with van der Waals surface area (Å²) < 4.78 is 0. The summed E-state index contributed by atoms with van der Waals surface area (Å²) in [5.74, 6) is 2.16. The highest BCUT2D eigenvalue weighted by atomic mass is 14.5. The lowest BCUT2D eigenvalue weighted by Gasteiger charge is -2.56. The summed E-state index contributed by atoms with van der Waals surface area (Å²) in [5.41, 5.74) is 0.781. The molecule has 0 aromatic carbocycles. The molecule has 0 aromatic rings. The minimum atomic E-state index is 0.781. The van der Waals surface area contributed by atoms with E-state index in [0.717, 1.165) is 17.3 Å². The first-order valence-electron chi connectivity index (χ1n) is 4.22. The Kier molecular flexibility index (Phi) is 0.980. The van der Waals surface area contributed by atoms with Gasteiger partial charge >= 0.3 is 0 Å². The van der Waals surface area contributed by atoms with Gasteiger partial charge in [0, 0.05) is 0 Å². The van der Waals surface area contributed by atoms with Gasteiger partial charge in [-0.15, -0.1) is 0 Å². The van der Waals surface area contributed by atoms with Gasteiger partial charge in [0.05, 0.1) is 0 Å². The molecule has 3 fully saturated rings. The van der Waals surface area contributed by atoms with Crippen molar-refractivity contribution in [2.75, 3.05) is 0 Å². The van der Waals surface area contributed by atoms with Gasteiger partial charge in [0.1, 0.15) is 0 Å². The van der Waals surface area contributed by atoms with E-state index in [1.807, 2.05) is 0 Å². The largest absolute Gasteiger partial charge is 0.0617 e. The van der Waals surface area contributed by atoms with Crippen LogP contribution in [0, 0.1) is 17.3 Å². The SMILES string of the molecule is CC1C2CCCC1(C)C2. The minimum absolute atomic E-state index is 0.781. The molecule has 0 aromatic heterocycles. The van der Waals surface area contributed by atoms with Crippen LogP contribution in [0.2, 0.25) is 0 Å². The van der Waals surface area contributed by atoms with Crippen molar-refractivity contribution in [2.45, 2.75) is 39.5 Å². The molecule has 3 aliphatic rings. The Balaban J connectivity index is 2.13. The van der Waals surface area contributed by atoms with Crippen LogP contribution in [0.1, 0.15) is 39.5 Å². The van der Waals surface area contributed by atoms with Gasteiger partial charge in [-0.05, 0) is 30.1 Å². The Morgan fingerprint density at radius 1 is 1.44 bits per heavy atom. The summed E-state index contributed by atoms with van der Waals surface area (Å²) in [6, 6.07) is 0. The molecule has 3 aliphatic carbocycles. The van der Waals surface area contributed by atoms with E-state index in [1.54, 1.807) is 0 Å². The fourth-order valence-electron chi connectivity index (χ4n) is 2.82. The van der Waals surface area contributed by atoms with Gasteiger partial charge in [0.15, 0.2) is 0 Å². The number of rotatable bonds is 0. The molecule has 0 spiro atoms. The second-order valence-electron chi connectivity index (χ2n) is 4.30. The van der Waals surface area contributed by atoms with Gasteiger partial charge in [-0.3, -0.25) is 0 Å². The summed E-state index contributed by atoms with van der Waals surface area (Å²) in [7, 11) is 0. The van der Waals surface area contributed by atoms with Crippen LogP contribution in [-0.4, -0.2) is 0 Å². The van der Waals surface area contributed by atoms with Gasteiger partial charge < -0.3 is 0 Å². The Labute approximate surface area is 57.6 Å². The van der Waals surface area contributed by atoms with Crippen LogP contribution in [0.3, 0.4) is 0 Å². The number of hydrogen-bond acceptors (Lipinski definition) is 0. The van der Waals surface area contributed by atoms with Crippen molar-refractivity contribution in [3.8, 4) is 0 Å². The first kappa shape index (κ1) is 5.76. The normalized spacial score (nSPS) is 56.7. The molecule has 0 N–H and O–H groups in total. The third-order valence-electron chi connectivity index (χ3n) is 3.86. The topological polar surface area (TPSA) is 0 Å². The number of fused-ring (bicyclic) bond motifs is 2. The molecule has 3 saturated carbocycles. The van der Waals surface area contributed by atoms with E-state index in [1.165, 1.54) is 25.7 Å². The van der Waals surface area contributed by atoms with E-state index < -0.39 is 0 Å². The van der Waals surface area contributed by atoms with E-state index >= 15 is 0 Å². The second kappa shape index (κ2) is 1.53. The first-order valence-corrected chi connectivity index (χ1v) is 4.22. The van der Waals surface area contributed by atoms with Crippen LogP contribution in [0.25, 0.3) is 0 Å². The van der Waals surface area contributed by atoms with E-state index in [-0.39, 0.29) is 0 Å². The molecule has 3 rings (SSSR count). The predicted octanol–water partition coefficient (Wildman–Crippen LogP) is 2.83. The van der Waals surface area contributed by atoms with Crippen LogP contribution < -0.4 is 0 Å². The van der Waals surface area contributed by atoms with Gasteiger partial charge in [0.2, 0.25) is 0 Å². The van der Waals surface area contributed by atoms with Crippen LogP contribution in [0.5, 0.6) is 0 Å². The average molecular weight is 124 g/mol. The Bertz CT molecular complexity index is 124. The quantitative estimate of drug-likeness (QED) is 0.466. The van der Waals surface area contributed by atoms with E-state index in [0.29, 0.717) is 0 Å². The van der Waals surface area contributed by atoms with Crippen LogP contribution in [0.15, 0.2) is 0 Å². The van der Waals surface area contributed by atoms with Gasteiger partial charge in [-0.2, -0.15) is 0 Å². The standard InChI is InChI=1S/C9H16/c1-7-8-4-3-5-9(7,2)6-8/h7-8H,3-6H2,1-2H3. The smallest absolute Gasteiger partial charge is 0.0295 e. The Morgan fingerprint density at radius 3 is 2.56 bits per heavy atom. The number of hydrogen-bond donors (Lipinski definition) is 0. The maximum absolute atomic E-state index is 2.47. The Morgan fingerprint density at radius 2 is 2.22 bits per heavy atom. The highest BCUT2D eigenvalue weighted by Gasteiger charge is 2.49. The zero-order chi connectivity index (χ0) is 6.48. The summed E-state index contributed by atoms with van der Waals surface area (Å²) in [6.07, 6.45) is 6.07. The fraction of sp³-hybridized carbons (Fsp3) is 1.00. The van der Waals surface area contributed by atoms with Crippen LogP contribution >= 0.6 is 0 Å². The zero-order valence-electron chi connectivity index (χ0n) is 6.48. The molecule has 0 nitrogen and oxygen atoms in total. The molecule has 52 valence electrons. The summed E-state index contributed by atoms with van der Waals surface area (Å²) in [5, 5.41) is 0. The lowest BCUT2D eigenvalue weighted by atomic mass is 9.49. The second-order valence-corrected chi connectivity index (χ2v) is 4.30. The third kappa shape index (κ3) is 0.595. The minimum Gasteiger partial charge on any atom is -0.0617 e. The monoisotopic (exact) mass is 124 g/mol. The lowest BCUT2D eigenvalue weighted by Crippen LogP contribution is -2.47.